The van der Waals surface area contributed by atoms with Crippen LogP contribution in [-0.4, -0.2) is 12.7 Å². The van der Waals surface area contributed by atoms with Gasteiger partial charge in [0, 0.05) is 21.8 Å². The van der Waals surface area contributed by atoms with Gasteiger partial charge in [-0.1, -0.05) is 57.9 Å². The molecule has 0 aromatic heterocycles. The topological polar surface area (TPSA) is 9.23 Å². The minimum atomic E-state index is 0.317. The van der Waals surface area contributed by atoms with Gasteiger partial charge in [0.25, 0.3) is 0 Å². The van der Waals surface area contributed by atoms with E-state index < -0.39 is 0 Å². The van der Waals surface area contributed by atoms with Gasteiger partial charge in [-0.15, -0.1) is 0 Å². The van der Waals surface area contributed by atoms with E-state index in [1.807, 2.05) is 12.1 Å². The molecule has 0 aliphatic carbocycles. The van der Waals surface area contributed by atoms with E-state index in [1.54, 1.807) is 0 Å². The molecule has 19 heavy (non-hydrogen) atoms. The maximum atomic E-state index is 6.26. The van der Waals surface area contributed by atoms with E-state index in [-0.39, 0.29) is 0 Å². The number of ether oxygens (including phenoxy) is 1. The predicted molar refractivity (Wildman–Crippen MR) is 84.2 cm³/mol. The number of halogens is 2. The zero-order chi connectivity index (χ0) is 13.2. The fourth-order valence-corrected chi connectivity index (χ4v) is 3.79. The number of hydrogen-bond donors (Lipinski definition) is 0. The Labute approximate surface area is 127 Å². The van der Waals surface area contributed by atoms with E-state index >= 15 is 0 Å². The Morgan fingerprint density at radius 2 is 2.00 bits per heavy atom. The Morgan fingerprint density at radius 3 is 2.74 bits per heavy atom. The largest absolute Gasteiger partial charge is 0.378 e. The molecule has 0 amide bonds. The van der Waals surface area contributed by atoms with Crippen molar-refractivity contribution in [3.63, 3.8) is 0 Å². The van der Waals surface area contributed by atoms with Gasteiger partial charge in [0.2, 0.25) is 0 Å². The molecule has 2 unspecified atom stereocenters. The number of fused-ring (bicyclic) bond motifs is 1. The molecule has 2 aromatic rings. The predicted octanol–water partition coefficient (Wildman–Crippen LogP) is 5.50. The number of hydrogen-bond acceptors (Lipinski definition) is 1. The second kappa shape index (κ2) is 5.82. The maximum Gasteiger partial charge on any atom is 0.0589 e. The Balaban J connectivity index is 1.93. The highest BCUT2D eigenvalue weighted by atomic mass is 79.9. The van der Waals surface area contributed by atoms with E-state index in [1.165, 1.54) is 23.8 Å². The van der Waals surface area contributed by atoms with Gasteiger partial charge in [0.1, 0.15) is 0 Å². The molecule has 3 heteroatoms. The van der Waals surface area contributed by atoms with E-state index in [4.69, 9.17) is 16.3 Å². The summed E-state index contributed by atoms with van der Waals surface area (Å²) in [6.45, 7) is 0.908. The molecule has 2 aromatic carbocycles. The third kappa shape index (κ3) is 2.81. The van der Waals surface area contributed by atoms with Crippen molar-refractivity contribution in [2.45, 2.75) is 30.2 Å². The number of rotatable bonds is 3. The van der Waals surface area contributed by atoms with Crippen LogP contribution in [0.2, 0.25) is 5.02 Å². The van der Waals surface area contributed by atoms with E-state index in [9.17, 15) is 0 Å². The molecule has 1 saturated heterocycles. The Morgan fingerprint density at radius 1 is 1.21 bits per heavy atom. The van der Waals surface area contributed by atoms with Crippen LogP contribution in [-0.2, 0) is 4.74 Å². The third-order valence-corrected chi connectivity index (χ3v) is 4.93. The summed E-state index contributed by atoms with van der Waals surface area (Å²) in [4.78, 5) is 0.317. The summed E-state index contributed by atoms with van der Waals surface area (Å²) in [5, 5.41) is 3.17. The summed E-state index contributed by atoms with van der Waals surface area (Å²) in [6.07, 6.45) is 3.77. The highest BCUT2D eigenvalue weighted by molar-refractivity contribution is 9.09. The minimum absolute atomic E-state index is 0.317. The summed E-state index contributed by atoms with van der Waals surface area (Å²) in [7, 11) is 0. The van der Waals surface area contributed by atoms with Crippen molar-refractivity contribution in [1.82, 2.24) is 0 Å². The zero-order valence-electron chi connectivity index (χ0n) is 10.6. The van der Waals surface area contributed by atoms with Crippen LogP contribution in [0.25, 0.3) is 10.8 Å². The second-order valence-electron chi connectivity index (χ2n) is 5.02. The van der Waals surface area contributed by atoms with Gasteiger partial charge < -0.3 is 4.74 Å². The molecule has 1 nitrogen and oxygen atoms in total. The number of benzene rings is 2. The van der Waals surface area contributed by atoms with Gasteiger partial charge in [0.05, 0.1) is 6.10 Å². The smallest absolute Gasteiger partial charge is 0.0589 e. The van der Waals surface area contributed by atoms with Crippen molar-refractivity contribution in [2.24, 2.45) is 0 Å². The summed E-state index contributed by atoms with van der Waals surface area (Å²) in [5.41, 5.74) is 1.30. The van der Waals surface area contributed by atoms with Gasteiger partial charge in [-0.25, -0.2) is 0 Å². The SMILES string of the molecule is Clc1ccc(C(Br)CC2CCCO2)c2ccccc12. The van der Waals surface area contributed by atoms with Crippen molar-refractivity contribution >= 4 is 38.3 Å². The molecular formula is C16H16BrClO. The lowest BCUT2D eigenvalue weighted by molar-refractivity contribution is 0.104. The normalized spacial score (nSPS) is 20.8. The van der Waals surface area contributed by atoms with Crippen LogP contribution in [0.5, 0.6) is 0 Å². The fraction of sp³-hybridized carbons (Fsp3) is 0.375. The Kier molecular flexibility index (Phi) is 4.11. The van der Waals surface area contributed by atoms with E-state index in [2.05, 4.69) is 40.2 Å². The van der Waals surface area contributed by atoms with Crippen LogP contribution < -0.4 is 0 Å². The van der Waals surface area contributed by atoms with Crippen LogP contribution in [0.4, 0.5) is 0 Å². The monoisotopic (exact) mass is 338 g/mol. The molecule has 1 aliphatic heterocycles. The van der Waals surface area contributed by atoms with E-state index in [0.29, 0.717) is 10.9 Å². The number of alkyl halides is 1. The quantitative estimate of drug-likeness (QED) is 0.671. The molecule has 0 N–H and O–H groups in total. The third-order valence-electron chi connectivity index (χ3n) is 3.74. The minimum Gasteiger partial charge on any atom is -0.378 e. The van der Waals surface area contributed by atoms with Crippen LogP contribution in [0, 0.1) is 0 Å². The molecular weight excluding hydrogens is 324 g/mol. The Bertz CT molecular complexity index is 578. The first-order valence-corrected chi connectivity index (χ1v) is 7.98. The van der Waals surface area contributed by atoms with Gasteiger partial charge in [-0.3, -0.25) is 0 Å². The first kappa shape index (κ1) is 13.4. The van der Waals surface area contributed by atoms with Crippen LogP contribution in [0.3, 0.4) is 0 Å². The molecule has 3 rings (SSSR count). The fourth-order valence-electron chi connectivity index (χ4n) is 2.75. The molecule has 1 heterocycles. The molecule has 2 atom stereocenters. The first-order valence-electron chi connectivity index (χ1n) is 6.68. The van der Waals surface area contributed by atoms with Crippen LogP contribution in [0.15, 0.2) is 36.4 Å². The second-order valence-corrected chi connectivity index (χ2v) is 6.53. The average molecular weight is 340 g/mol. The summed E-state index contributed by atoms with van der Waals surface area (Å²) < 4.78 is 5.72. The highest BCUT2D eigenvalue weighted by Gasteiger charge is 2.21. The summed E-state index contributed by atoms with van der Waals surface area (Å²) >= 11 is 10.1. The Hall–Kier alpha value is -0.570. The lowest BCUT2D eigenvalue weighted by Crippen LogP contribution is -2.08. The highest BCUT2D eigenvalue weighted by Crippen LogP contribution is 2.37. The van der Waals surface area contributed by atoms with E-state index in [0.717, 1.165) is 23.4 Å². The molecule has 0 bridgehead atoms. The molecule has 0 radical (unpaired) electrons. The van der Waals surface area contributed by atoms with Crippen molar-refractivity contribution in [3.05, 3.63) is 47.0 Å². The van der Waals surface area contributed by atoms with Gasteiger partial charge in [-0.05, 0) is 36.3 Å². The molecule has 0 spiro atoms. The lowest BCUT2D eigenvalue weighted by atomic mass is 9.98. The first-order chi connectivity index (χ1) is 9.25. The summed E-state index contributed by atoms with van der Waals surface area (Å²) in [5.74, 6) is 0. The van der Waals surface area contributed by atoms with Crippen LogP contribution >= 0.6 is 27.5 Å². The maximum absolute atomic E-state index is 6.26. The summed E-state index contributed by atoms with van der Waals surface area (Å²) in [6, 6.07) is 12.4. The average Bonchev–Trinajstić information content (AvgIpc) is 2.92. The molecule has 100 valence electrons. The van der Waals surface area contributed by atoms with Crippen molar-refractivity contribution in [3.8, 4) is 0 Å². The lowest BCUT2D eigenvalue weighted by Gasteiger charge is -2.17. The van der Waals surface area contributed by atoms with Crippen LogP contribution in [0.1, 0.15) is 29.7 Å². The van der Waals surface area contributed by atoms with Gasteiger partial charge >= 0.3 is 0 Å². The van der Waals surface area contributed by atoms with Crippen molar-refractivity contribution in [2.75, 3.05) is 6.61 Å². The molecule has 1 aliphatic rings. The standard InChI is InChI=1S/C16H16BrClO/c17-15(10-11-4-3-9-19-11)13-7-8-16(18)14-6-2-1-5-12(13)14/h1-2,5-8,11,15H,3-4,9-10H2. The van der Waals surface area contributed by atoms with Gasteiger partial charge in [-0.2, -0.15) is 0 Å². The van der Waals surface area contributed by atoms with Crippen molar-refractivity contribution < 1.29 is 4.74 Å². The van der Waals surface area contributed by atoms with Crippen molar-refractivity contribution in [1.29, 1.82) is 0 Å². The molecule has 0 saturated carbocycles. The van der Waals surface area contributed by atoms with Gasteiger partial charge in [0.15, 0.2) is 0 Å². The molecule has 1 fully saturated rings. The zero-order valence-corrected chi connectivity index (χ0v) is 13.0.